The number of nitrogens with one attached hydrogen (secondary N) is 1. The van der Waals surface area contributed by atoms with E-state index in [4.69, 9.17) is 11.6 Å². The number of anilines is 1. The van der Waals surface area contributed by atoms with Crippen molar-refractivity contribution < 1.29 is 4.79 Å². The predicted molar refractivity (Wildman–Crippen MR) is 97.3 cm³/mol. The van der Waals surface area contributed by atoms with Crippen LogP contribution in [-0.2, 0) is 0 Å². The Morgan fingerprint density at radius 2 is 1.90 bits per heavy atom. The van der Waals surface area contributed by atoms with Gasteiger partial charge in [0.2, 0.25) is 0 Å². The molecule has 0 unspecified atom stereocenters. The summed E-state index contributed by atoms with van der Waals surface area (Å²) in [5.41, 5.74) is 2.55. The third kappa shape index (κ3) is 4.20. The van der Waals surface area contributed by atoms with Crippen LogP contribution in [0.25, 0.3) is 0 Å². The van der Waals surface area contributed by atoms with Crippen molar-refractivity contribution in [3.05, 3.63) is 62.2 Å². The van der Waals surface area contributed by atoms with E-state index in [0.717, 1.165) is 15.7 Å². The number of amides is 1. The van der Waals surface area contributed by atoms with Crippen LogP contribution in [-0.4, -0.2) is 5.91 Å². The van der Waals surface area contributed by atoms with Crippen LogP contribution in [0, 0.1) is 3.57 Å². The molecule has 2 nitrogen and oxygen atoms in total. The molecule has 2 aromatic carbocycles. The molecule has 4 heteroatoms. The largest absolute Gasteiger partial charge is 0.322 e. The van der Waals surface area contributed by atoms with Crippen molar-refractivity contribution in [2.75, 3.05) is 5.32 Å². The molecule has 110 valence electrons. The van der Waals surface area contributed by atoms with Crippen molar-refractivity contribution in [2.24, 2.45) is 0 Å². The fraction of sp³-hybridized carbons (Fsp3) is 0.235. The molecule has 21 heavy (non-hydrogen) atoms. The number of hydrogen-bond donors (Lipinski definition) is 1. The van der Waals surface area contributed by atoms with Gasteiger partial charge in [-0.1, -0.05) is 37.6 Å². The van der Waals surface area contributed by atoms with Gasteiger partial charge in [-0.2, -0.15) is 0 Å². The van der Waals surface area contributed by atoms with E-state index in [1.54, 1.807) is 12.1 Å². The quantitative estimate of drug-likeness (QED) is 0.639. The lowest BCUT2D eigenvalue weighted by Crippen LogP contribution is -2.12. The summed E-state index contributed by atoms with van der Waals surface area (Å²) in [5, 5.41) is 3.35. The molecular formula is C17H17ClINO. The zero-order valence-corrected chi connectivity index (χ0v) is 14.9. The summed E-state index contributed by atoms with van der Waals surface area (Å²) in [6.07, 6.45) is 1.10. The van der Waals surface area contributed by atoms with Crippen molar-refractivity contribution in [3.8, 4) is 0 Å². The first-order valence-corrected chi connectivity index (χ1v) is 8.33. The van der Waals surface area contributed by atoms with E-state index in [1.165, 1.54) is 5.56 Å². The molecule has 0 saturated carbocycles. The highest BCUT2D eigenvalue weighted by atomic mass is 127. The molecule has 0 aliphatic heterocycles. The molecule has 2 rings (SSSR count). The molecule has 0 saturated heterocycles. The highest BCUT2D eigenvalue weighted by Crippen LogP contribution is 2.23. The Bertz CT molecular complexity index is 640. The maximum Gasteiger partial charge on any atom is 0.257 e. The fourth-order valence-corrected chi connectivity index (χ4v) is 2.70. The van der Waals surface area contributed by atoms with E-state index in [2.05, 4.69) is 53.9 Å². The second-order valence-corrected chi connectivity index (χ2v) is 6.66. The summed E-state index contributed by atoms with van der Waals surface area (Å²) < 4.78 is 0.981. The maximum atomic E-state index is 12.3. The van der Waals surface area contributed by atoms with Gasteiger partial charge in [-0.05, 0) is 70.8 Å². The molecule has 1 atom stereocenters. The van der Waals surface area contributed by atoms with Crippen LogP contribution in [0.2, 0.25) is 5.02 Å². The molecule has 0 aliphatic rings. The Morgan fingerprint density at radius 3 is 2.52 bits per heavy atom. The van der Waals surface area contributed by atoms with Gasteiger partial charge in [0, 0.05) is 9.26 Å². The molecule has 0 aromatic heterocycles. The van der Waals surface area contributed by atoms with Gasteiger partial charge in [0.15, 0.2) is 0 Å². The Hall–Kier alpha value is -1.07. The Balaban J connectivity index is 2.14. The van der Waals surface area contributed by atoms with Crippen LogP contribution in [0.4, 0.5) is 5.69 Å². The zero-order valence-electron chi connectivity index (χ0n) is 12.0. The molecule has 1 N–H and O–H groups in total. The Morgan fingerprint density at radius 1 is 1.24 bits per heavy atom. The molecule has 2 aromatic rings. The smallest absolute Gasteiger partial charge is 0.257 e. The Labute approximate surface area is 144 Å². The van der Waals surface area contributed by atoms with Gasteiger partial charge in [-0.3, -0.25) is 4.79 Å². The van der Waals surface area contributed by atoms with Gasteiger partial charge in [-0.25, -0.2) is 0 Å². The minimum Gasteiger partial charge on any atom is -0.322 e. The van der Waals surface area contributed by atoms with Crippen LogP contribution in [0.1, 0.15) is 42.1 Å². The first-order valence-electron chi connectivity index (χ1n) is 6.87. The van der Waals surface area contributed by atoms with Crippen LogP contribution in [0.5, 0.6) is 0 Å². The van der Waals surface area contributed by atoms with Gasteiger partial charge in [0.05, 0.1) is 10.6 Å². The number of hydrogen-bond acceptors (Lipinski definition) is 1. The first kappa shape index (κ1) is 16.3. The lowest BCUT2D eigenvalue weighted by Gasteiger charge is -2.11. The van der Waals surface area contributed by atoms with E-state index < -0.39 is 0 Å². The molecule has 0 heterocycles. The van der Waals surface area contributed by atoms with E-state index in [9.17, 15) is 4.79 Å². The second-order valence-electron chi connectivity index (χ2n) is 5.01. The normalized spacial score (nSPS) is 12.0. The van der Waals surface area contributed by atoms with Gasteiger partial charge >= 0.3 is 0 Å². The summed E-state index contributed by atoms with van der Waals surface area (Å²) in [6.45, 7) is 4.36. The molecule has 0 aliphatic carbocycles. The molecule has 0 fully saturated rings. The van der Waals surface area contributed by atoms with E-state index in [1.807, 2.05) is 18.2 Å². The number of carbonyl (C=O) groups is 1. The van der Waals surface area contributed by atoms with Crippen LogP contribution >= 0.6 is 34.2 Å². The fourth-order valence-electron chi connectivity index (χ4n) is 2.00. The highest BCUT2D eigenvalue weighted by molar-refractivity contribution is 14.1. The van der Waals surface area contributed by atoms with Crippen molar-refractivity contribution in [3.63, 3.8) is 0 Å². The van der Waals surface area contributed by atoms with Gasteiger partial charge in [-0.15, -0.1) is 0 Å². The average Bonchev–Trinajstić information content (AvgIpc) is 2.49. The lowest BCUT2D eigenvalue weighted by molar-refractivity contribution is 0.102. The minimum atomic E-state index is -0.185. The van der Waals surface area contributed by atoms with Gasteiger partial charge in [0.25, 0.3) is 5.91 Å². The van der Waals surface area contributed by atoms with Gasteiger partial charge in [0.1, 0.15) is 0 Å². The van der Waals surface area contributed by atoms with E-state index in [-0.39, 0.29) is 5.91 Å². The summed E-state index contributed by atoms with van der Waals surface area (Å²) in [7, 11) is 0. The molecule has 0 spiro atoms. The summed E-state index contributed by atoms with van der Waals surface area (Å²) in [5.74, 6) is 0.342. The first-order chi connectivity index (χ1) is 10.0. The molecule has 1 amide bonds. The van der Waals surface area contributed by atoms with Gasteiger partial charge < -0.3 is 5.32 Å². The minimum absolute atomic E-state index is 0.185. The van der Waals surface area contributed by atoms with Crippen LogP contribution in [0.3, 0.4) is 0 Å². The number of carbonyl (C=O) groups excluding carboxylic acids is 1. The number of benzene rings is 2. The topological polar surface area (TPSA) is 29.1 Å². The second kappa shape index (κ2) is 7.27. The third-order valence-electron chi connectivity index (χ3n) is 3.52. The maximum absolute atomic E-state index is 12.3. The Kier molecular flexibility index (Phi) is 5.65. The molecule has 0 radical (unpaired) electrons. The van der Waals surface area contributed by atoms with Crippen LogP contribution < -0.4 is 5.32 Å². The zero-order chi connectivity index (χ0) is 15.4. The molecular weight excluding hydrogens is 397 g/mol. The standard InChI is InChI=1S/C17H17ClINO/c1-3-11(2)12-4-7-14(8-5-12)20-17(21)15-10-13(19)6-9-16(15)18/h4-11H,3H2,1-2H3,(H,20,21)/t11-/m0/s1. The lowest BCUT2D eigenvalue weighted by atomic mass is 9.98. The number of rotatable bonds is 4. The average molecular weight is 414 g/mol. The third-order valence-corrected chi connectivity index (χ3v) is 4.52. The summed E-state index contributed by atoms with van der Waals surface area (Å²) in [6, 6.07) is 13.4. The van der Waals surface area contributed by atoms with Crippen molar-refractivity contribution in [2.45, 2.75) is 26.2 Å². The van der Waals surface area contributed by atoms with Crippen molar-refractivity contribution in [1.29, 1.82) is 0 Å². The van der Waals surface area contributed by atoms with E-state index in [0.29, 0.717) is 16.5 Å². The molecule has 0 bridgehead atoms. The number of halogens is 2. The van der Waals surface area contributed by atoms with Crippen molar-refractivity contribution in [1.82, 2.24) is 0 Å². The SMILES string of the molecule is CC[C@H](C)c1ccc(NC(=O)c2cc(I)ccc2Cl)cc1. The van der Waals surface area contributed by atoms with E-state index >= 15 is 0 Å². The monoisotopic (exact) mass is 413 g/mol. The summed E-state index contributed by atoms with van der Waals surface area (Å²) >= 11 is 8.24. The predicted octanol–water partition coefficient (Wildman–Crippen LogP) is 5.71. The highest BCUT2D eigenvalue weighted by Gasteiger charge is 2.11. The van der Waals surface area contributed by atoms with Crippen LogP contribution in [0.15, 0.2) is 42.5 Å². The van der Waals surface area contributed by atoms with Crippen molar-refractivity contribution >= 4 is 45.8 Å². The summed E-state index contributed by atoms with van der Waals surface area (Å²) in [4.78, 5) is 12.3.